The van der Waals surface area contributed by atoms with Crippen molar-refractivity contribution < 1.29 is 22.7 Å². The molecule has 2 amide bonds. The number of rotatable bonds is 7. The lowest BCUT2D eigenvalue weighted by atomic mass is 9.98. The van der Waals surface area contributed by atoms with Crippen LogP contribution in [0.1, 0.15) is 18.4 Å². The lowest BCUT2D eigenvalue weighted by Gasteiger charge is -2.31. The number of carbonyl (C=O) groups is 2. The second kappa shape index (κ2) is 9.67. The molecule has 0 aromatic heterocycles. The van der Waals surface area contributed by atoms with E-state index in [2.05, 4.69) is 5.32 Å². The molecule has 10 heteroatoms. The van der Waals surface area contributed by atoms with E-state index in [-0.39, 0.29) is 28.8 Å². The molecule has 1 saturated heterocycles. The Balaban J connectivity index is 1.68. The first kappa shape index (κ1) is 23.1. The first-order chi connectivity index (χ1) is 14.7. The van der Waals surface area contributed by atoms with Gasteiger partial charge in [-0.25, -0.2) is 8.42 Å². The van der Waals surface area contributed by atoms with Crippen LogP contribution in [0.2, 0.25) is 5.02 Å². The van der Waals surface area contributed by atoms with Crippen LogP contribution >= 0.6 is 11.6 Å². The number of methoxy groups -OCH3 is 1. The second-order valence-corrected chi connectivity index (χ2v) is 9.67. The van der Waals surface area contributed by atoms with Gasteiger partial charge in [0.15, 0.2) is 0 Å². The summed E-state index contributed by atoms with van der Waals surface area (Å²) < 4.78 is 32.5. The Bertz CT molecular complexity index is 1070. The van der Waals surface area contributed by atoms with Crippen LogP contribution < -0.4 is 15.8 Å². The minimum atomic E-state index is -3.80. The van der Waals surface area contributed by atoms with Gasteiger partial charge in [-0.3, -0.25) is 9.59 Å². The first-order valence-corrected chi connectivity index (χ1v) is 11.5. The zero-order valence-corrected chi connectivity index (χ0v) is 18.6. The summed E-state index contributed by atoms with van der Waals surface area (Å²) in [4.78, 5) is 23.8. The molecule has 3 N–H and O–H groups in total. The molecule has 1 aliphatic heterocycles. The van der Waals surface area contributed by atoms with Gasteiger partial charge in [-0.15, -0.1) is 0 Å². The van der Waals surface area contributed by atoms with E-state index in [1.807, 2.05) is 0 Å². The smallest absolute Gasteiger partial charge is 0.243 e. The summed E-state index contributed by atoms with van der Waals surface area (Å²) in [5.74, 6) is -0.783. The lowest BCUT2D eigenvalue weighted by Crippen LogP contribution is -2.43. The van der Waals surface area contributed by atoms with Crippen molar-refractivity contribution in [3.8, 4) is 5.75 Å². The average molecular weight is 466 g/mol. The average Bonchev–Trinajstić information content (AvgIpc) is 2.74. The number of benzene rings is 2. The fourth-order valence-corrected chi connectivity index (χ4v) is 5.36. The quantitative estimate of drug-likeness (QED) is 0.650. The maximum atomic E-state index is 13.0. The van der Waals surface area contributed by atoms with Crippen LogP contribution in [0.25, 0.3) is 0 Å². The van der Waals surface area contributed by atoms with E-state index < -0.39 is 21.8 Å². The summed E-state index contributed by atoms with van der Waals surface area (Å²) >= 11 is 6.09. The SMILES string of the molecule is COc1ccc(S(=O)(=O)N2CCC[C@H](C(=O)Nc3ccc(CC(N)=O)cc3)C2)cc1Cl. The van der Waals surface area contributed by atoms with E-state index in [0.29, 0.717) is 30.8 Å². The van der Waals surface area contributed by atoms with E-state index in [1.54, 1.807) is 24.3 Å². The number of nitrogens with one attached hydrogen (secondary N) is 1. The van der Waals surface area contributed by atoms with Crippen LogP contribution in [0.4, 0.5) is 5.69 Å². The molecule has 3 rings (SSSR count). The number of hydrogen-bond acceptors (Lipinski definition) is 5. The maximum absolute atomic E-state index is 13.0. The van der Waals surface area contributed by atoms with Crippen molar-refractivity contribution in [1.29, 1.82) is 0 Å². The molecular formula is C21H24ClN3O5S. The summed E-state index contributed by atoms with van der Waals surface area (Å²) in [7, 11) is -2.34. The predicted molar refractivity (Wildman–Crippen MR) is 117 cm³/mol. The van der Waals surface area contributed by atoms with Crippen LogP contribution in [0.3, 0.4) is 0 Å². The molecule has 31 heavy (non-hydrogen) atoms. The number of primary amides is 1. The number of sulfonamides is 1. The monoisotopic (exact) mass is 465 g/mol. The van der Waals surface area contributed by atoms with E-state index in [4.69, 9.17) is 22.1 Å². The standard InChI is InChI=1S/C21H24ClN3O5S/c1-30-19-9-8-17(12-18(19)22)31(28,29)25-10-2-3-15(13-25)21(27)24-16-6-4-14(5-7-16)11-20(23)26/h4-9,12,15H,2-3,10-11,13H2,1H3,(H2,23,26)(H,24,27)/t15-/m0/s1. The van der Waals surface area contributed by atoms with Gasteiger partial charge >= 0.3 is 0 Å². The molecule has 0 radical (unpaired) electrons. The van der Waals surface area contributed by atoms with Crippen LogP contribution in [0, 0.1) is 5.92 Å². The molecule has 1 fully saturated rings. The molecule has 166 valence electrons. The van der Waals surface area contributed by atoms with Crippen molar-refractivity contribution in [2.45, 2.75) is 24.2 Å². The first-order valence-electron chi connectivity index (χ1n) is 9.72. The van der Waals surface area contributed by atoms with Gasteiger partial charge < -0.3 is 15.8 Å². The Hall–Kier alpha value is -2.62. The number of piperidine rings is 1. The highest BCUT2D eigenvalue weighted by Crippen LogP contribution is 2.30. The minimum absolute atomic E-state index is 0.0596. The third-order valence-corrected chi connectivity index (χ3v) is 7.27. The van der Waals surface area contributed by atoms with Gasteiger partial charge in [0.25, 0.3) is 0 Å². The highest BCUT2D eigenvalue weighted by atomic mass is 35.5. The maximum Gasteiger partial charge on any atom is 0.243 e. The molecule has 0 saturated carbocycles. The summed E-state index contributed by atoms with van der Waals surface area (Å²) in [6.45, 7) is 0.412. The van der Waals surface area contributed by atoms with Crippen molar-refractivity contribution in [3.05, 3.63) is 53.1 Å². The lowest BCUT2D eigenvalue weighted by molar-refractivity contribution is -0.121. The number of hydrogen-bond donors (Lipinski definition) is 2. The van der Waals surface area contributed by atoms with Crippen LogP contribution in [0.15, 0.2) is 47.4 Å². The van der Waals surface area contributed by atoms with Crippen LogP contribution in [-0.2, 0) is 26.0 Å². The second-order valence-electron chi connectivity index (χ2n) is 7.33. The highest BCUT2D eigenvalue weighted by Gasteiger charge is 2.33. The van der Waals surface area contributed by atoms with Gasteiger partial charge in [-0.05, 0) is 48.7 Å². The van der Waals surface area contributed by atoms with Crippen molar-refractivity contribution in [2.24, 2.45) is 11.7 Å². The minimum Gasteiger partial charge on any atom is -0.495 e. The third-order valence-electron chi connectivity index (χ3n) is 5.12. The van der Waals surface area contributed by atoms with Crippen molar-refractivity contribution in [3.63, 3.8) is 0 Å². The topological polar surface area (TPSA) is 119 Å². The van der Waals surface area contributed by atoms with Gasteiger partial charge in [0, 0.05) is 18.8 Å². The van der Waals surface area contributed by atoms with Gasteiger partial charge in [-0.1, -0.05) is 23.7 Å². The van der Waals surface area contributed by atoms with Gasteiger partial charge in [0.1, 0.15) is 5.75 Å². The Kier molecular flexibility index (Phi) is 7.19. The third kappa shape index (κ3) is 5.55. The molecule has 1 aliphatic rings. The Morgan fingerprint density at radius 2 is 1.94 bits per heavy atom. The fourth-order valence-electron chi connectivity index (χ4n) is 3.48. The zero-order valence-electron chi connectivity index (χ0n) is 17.0. The summed E-state index contributed by atoms with van der Waals surface area (Å²) in [6.07, 6.45) is 1.28. The Morgan fingerprint density at radius 3 is 2.55 bits per heavy atom. The molecule has 0 unspecified atom stereocenters. The molecule has 0 aliphatic carbocycles. The van der Waals surface area contributed by atoms with Crippen LogP contribution in [0.5, 0.6) is 5.75 Å². The summed E-state index contributed by atoms with van der Waals surface area (Å²) in [5.41, 5.74) is 6.50. The number of nitrogens with zero attached hydrogens (tertiary/aromatic N) is 1. The normalized spacial score (nSPS) is 17.2. The number of anilines is 1. The van der Waals surface area contributed by atoms with Gasteiger partial charge in [0.05, 0.1) is 29.4 Å². The molecular weight excluding hydrogens is 442 g/mol. The van der Waals surface area contributed by atoms with Crippen LogP contribution in [-0.4, -0.2) is 44.7 Å². The van der Waals surface area contributed by atoms with E-state index >= 15 is 0 Å². The molecule has 0 bridgehead atoms. The Labute approximate surface area is 186 Å². The summed E-state index contributed by atoms with van der Waals surface area (Å²) in [6, 6.07) is 11.1. The zero-order chi connectivity index (χ0) is 22.6. The van der Waals surface area contributed by atoms with Gasteiger partial charge in [-0.2, -0.15) is 4.31 Å². The van der Waals surface area contributed by atoms with Crippen molar-refractivity contribution >= 4 is 39.1 Å². The predicted octanol–water partition coefficient (Wildman–Crippen LogP) is 2.42. The highest BCUT2D eigenvalue weighted by molar-refractivity contribution is 7.89. The van der Waals surface area contributed by atoms with Crippen molar-refractivity contribution in [2.75, 3.05) is 25.5 Å². The molecule has 1 atom stereocenters. The number of nitrogens with two attached hydrogens (primary N) is 1. The Morgan fingerprint density at radius 1 is 1.23 bits per heavy atom. The van der Waals surface area contributed by atoms with Crippen molar-refractivity contribution in [1.82, 2.24) is 4.31 Å². The molecule has 8 nitrogen and oxygen atoms in total. The molecule has 2 aromatic carbocycles. The van der Waals surface area contributed by atoms with E-state index in [9.17, 15) is 18.0 Å². The molecule has 2 aromatic rings. The van der Waals surface area contributed by atoms with E-state index in [0.717, 1.165) is 5.56 Å². The molecule has 0 spiro atoms. The van der Waals surface area contributed by atoms with Gasteiger partial charge in [0.2, 0.25) is 21.8 Å². The number of amides is 2. The largest absolute Gasteiger partial charge is 0.495 e. The molecule has 1 heterocycles. The number of ether oxygens (including phenoxy) is 1. The van der Waals surface area contributed by atoms with E-state index in [1.165, 1.54) is 29.6 Å². The summed E-state index contributed by atoms with van der Waals surface area (Å²) in [5, 5.41) is 3.02. The fraction of sp³-hybridized carbons (Fsp3) is 0.333. The number of halogens is 1. The number of carbonyl (C=O) groups excluding carboxylic acids is 2.